The van der Waals surface area contributed by atoms with E-state index in [4.69, 9.17) is 8.83 Å². The van der Waals surface area contributed by atoms with E-state index in [9.17, 15) is 0 Å². The minimum Gasteiger partial charge on any atom is -0.454 e. The highest BCUT2D eigenvalue weighted by Gasteiger charge is 2.23. The molecular formula is C50H32N2O2. The van der Waals surface area contributed by atoms with Crippen LogP contribution in [0.1, 0.15) is 0 Å². The molecule has 0 bridgehead atoms. The Labute approximate surface area is 311 Å². The Balaban J connectivity index is 1.11. The van der Waals surface area contributed by atoms with Crippen molar-refractivity contribution in [2.45, 2.75) is 0 Å². The van der Waals surface area contributed by atoms with E-state index in [1.54, 1.807) is 0 Å². The maximum Gasteiger partial charge on any atom is 0.213 e. The quantitative estimate of drug-likeness (QED) is 0.174. The lowest BCUT2D eigenvalue weighted by Gasteiger charge is -2.26. The molecule has 0 N–H and O–H groups in total. The molecule has 0 unspecified atom stereocenters. The molecule has 11 rings (SSSR count). The number of fused-ring (bicyclic) bond motifs is 8. The standard InChI is InChI=1S/C50H32N2O2/c1-3-14-33(15-4-1)34-28-30-37(31-29-34)51(45-26-13-23-41-40-20-8-10-27-46(40)53-49(41)45)38-19-11-16-35(32-38)39-22-12-24-43-47-42-21-7-9-25-44(42)52(50(47)54-48(39)43)36-17-5-2-6-18-36/h1-32H. The highest BCUT2D eigenvalue weighted by Crippen LogP contribution is 2.45. The number of hydrogen-bond acceptors (Lipinski definition) is 3. The average Bonchev–Trinajstić information content (AvgIpc) is 3.91. The zero-order chi connectivity index (χ0) is 35.6. The second-order valence-corrected chi connectivity index (χ2v) is 13.7. The Morgan fingerprint density at radius 1 is 0.407 bits per heavy atom. The van der Waals surface area contributed by atoms with Crippen molar-refractivity contribution in [2.75, 3.05) is 4.90 Å². The van der Waals surface area contributed by atoms with Gasteiger partial charge in [-0.25, -0.2) is 0 Å². The summed E-state index contributed by atoms with van der Waals surface area (Å²) in [6.45, 7) is 0. The zero-order valence-corrected chi connectivity index (χ0v) is 29.2. The van der Waals surface area contributed by atoms with Gasteiger partial charge in [-0.1, -0.05) is 140 Å². The number of anilines is 3. The van der Waals surface area contributed by atoms with Crippen molar-refractivity contribution in [3.63, 3.8) is 0 Å². The minimum absolute atomic E-state index is 0.845. The van der Waals surface area contributed by atoms with Crippen LogP contribution in [0.5, 0.6) is 0 Å². The molecule has 4 nitrogen and oxygen atoms in total. The molecule has 0 aliphatic heterocycles. The summed E-state index contributed by atoms with van der Waals surface area (Å²) in [6.07, 6.45) is 0. The molecule has 0 saturated heterocycles. The van der Waals surface area contributed by atoms with Gasteiger partial charge in [0.15, 0.2) is 5.58 Å². The first-order valence-electron chi connectivity index (χ1n) is 18.3. The first kappa shape index (κ1) is 30.3. The summed E-state index contributed by atoms with van der Waals surface area (Å²) in [6, 6.07) is 68.2. The second kappa shape index (κ2) is 12.1. The van der Waals surface area contributed by atoms with Crippen molar-refractivity contribution in [2.24, 2.45) is 0 Å². The lowest BCUT2D eigenvalue weighted by atomic mass is 10.0. The van der Waals surface area contributed by atoms with Crippen molar-refractivity contribution >= 4 is 72.0 Å². The predicted octanol–water partition coefficient (Wildman–Crippen LogP) is 14.2. The Morgan fingerprint density at radius 2 is 1.06 bits per heavy atom. The summed E-state index contributed by atoms with van der Waals surface area (Å²) in [4.78, 5) is 2.30. The molecular weight excluding hydrogens is 661 g/mol. The van der Waals surface area contributed by atoms with Gasteiger partial charge in [-0.2, -0.15) is 0 Å². The van der Waals surface area contributed by atoms with Crippen LogP contribution in [0.25, 0.3) is 82.9 Å². The van der Waals surface area contributed by atoms with Gasteiger partial charge in [0.05, 0.1) is 16.6 Å². The summed E-state index contributed by atoms with van der Waals surface area (Å²) < 4.78 is 15.8. The smallest absolute Gasteiger partial charge is 0.213 e. The third-order valence-corrected chi connectivity index (χ3v) is 10.6. The fraction of sp³-hybridized carbons (Fsp3) is 0. The Hall–Kier alpha value is -7.30. The molecule has 0 amide bonds. The Kier molecular flexibility index (Phi) is 6.82. The van der Waals surface area contributed by atoms with Crippen LogP contribution in [0.2, 0.25) is 0 Å². The number of aromatic nitrogens is 1. The molecule has 3 aromatic heterocycles. The van der Waals surface area contributed by atoms with Crippen LogP contribution < -0.4 is 4.90 Å². The van der Waals surface area contributed by atoms with Gasteiger partial charge in [-0.3, -0.25) is 4.57 Å². The van der Waals surface area contributed by atoms with E-state index in [1.165, 1.54) is 16.5 Å². The van der Waals surface area contributed by atoms with E-state index in [0.29, 0.717) is 0 Å². The molecule has 0 aliphatic carbocycles. The topological polar surface area (TPSA) is 34.5 Å². The summed E-state index contributed by atoms with van der Waals surface area (Å²) in [5, 5.41) is 5.58. The molecule has 4 heteroatoms. The molecule has 0 spiro atoms. The Morgan fingerprint density at radius 3 is 1.91 bits per heavy atom. The molecule has 11 aromatic rings. The van der Waals surface area contributed by atoms with Crippen molar-refractivity contribution in [3.8, 4) is 27.9 Å². The SMILES string of the molecule is c1ccc(-c2ccc(N(c3cccc(-c4cccc5c4oc4c5c5ccccc5n4-c4ccccc4)c3)c3cccc4c3oc3ccccc34)cc2)cc1. The summed E-state index contributed by atoms with van der Waals surface area (Å²) in [5.41, 5.74) is 13.1. The number of hydrogen-bond donors (Lipinski definition) is 0. The van der Waals surface area contributed by atoms with Crippen LogP contribution in [0.15, 0.2) is 203 Å². The van der Waals surface area contributed by atoms with Crippen molar-refractivity contribution in [1.82, 2.24) is 4.57 Å². The van der Waals surface area contributed by atoms with Crippen LogP contribution in [-0.2, 0) is 0 Å². The molecule has 3 heterocycles. The van der Waals surface area contributed by atoms with Crippen LogP contribution in [0.4, 0.5) is 17.1 Å². The maximum atomic E-state index is 6.96. The van der Waals surface area contributed by atoms with Crippen molar-refractivity contribution < 1.29 is 8.83 Å². The molecule has 0 fully saturated rings. The number of rotatable bonds is 6. The van der Waals surface area contributed by atoms with Gasteiger partial charge in [-0.05, 0) is 71.3 Å². The molecule has 8 aromatic carbocycles. The van der Waals surface area contributed by atoms with Crippen LogP contribution in [0, 0.1) is 0 Å². The zero-order valence-electron chi connectivity index (χ0n) is 29.2. The number of furan rings is 2. The molecule has 0 aliphatic rings. The lowest BCUT2D eigenvalue weighted by molar-refractivity contribution is 0.646. The van der Waals surface area contributed by atoms with Gasteiger partial charge in [-0.15, -0.1) is 0 Å². The Bertz CT molecular complexity index is 3150. The molecule has 254 valence electrons. The van der Waals surface area contributed by atoms with Gasteiger partial charge in [0.1, 0.15) is 11.2 Å². The van der Waals surface area contributed by atoms with Gasteiger partial charge in [0.2, 0.25) is 5.71 Å². The minimum atomic E-state index is 0.845. The summed E-state index contributed by atoms with van der Waals surface area (Å²) in [5.74, 6) is 0. The van der Waals surface area contributed by atoms with E-state index >= 15 is 0 Å². The normalized spacial score (nSPS) is 11.7. The summed E-state index contributed by atoms with van der Waals surface area (Å²) >= 11 is 0. The van der Waals surface area contributed by atoms with E-state index in [-0.39, 0.29) is 0 Å². The first-order chi connectivity index (χ1) is 26.8. The molecule has 54 heavy (non-hydrogen) atoms. The van der Waals surface area contributed by atoms with Crippen molar-refractivity contribution in [1.29, 1.82) is 0 Å². The molecule has 0 saturated carbocycles. The highest BCUT2D eigenvalue weighted by atomic mass is 16.3. The van der Waals surface area contributed by atoms with Crippen LogP contribution in [-0.4, -0.2) is 4.57 Å². The van der Waals surface area contributed by atoms with Gasteiger partial charge in [0.25, 0.3) is 0 Å². The lowest BCUT2D eigenvalue weighted by Crippen LogP contribution is -2.10. The van der Waals surface area contributed by atoms with Gasteiger partial charge in [0, 0.05) is 44.2 Å². The van der Waals surface area contributed by atoms with E-state index in [1.807, 2.05) is 18.2 Å². The predicted molar refractivity (Wildman–Crippen MR) is 223 cm³/mol. The highest BCUT2D eigenvalue weighted by molar-refractivity contribution is 6.21. The van der Waals surface area contributed by atoms with Crippen molar-refractivity contribution in [3.05, 3.63) is 194 Å². The van der Waals surface area contributed by atoms with Gasteiger partial charge >= 0.3 is 0 Å². The largest absolute Gasteiger partial charge is 0.454 e. The van der Waals surface area contributed by atoms with Gasteiger partial charge < -0.3 is 13.7 Å². The van der Waals surface area contributed by atoms with Crippen LogP contribution >= 0.6 is 0 Å². The van der Waals surface area contributed by atoms with E-state index in [0.717, 1.165) is 83.4 Å². The average molecular weight is 693 g/mol. The fourth-order valence-corrected chi connectivity index (χ4v) is 8.16. The monoisotopic (exact) mass is 692 g/mol. The van der Waals surface area contributed by atoms with Crippen LogP contribution in [0.3, 0.4) is 0 Å². The first-order valence-corrected chi connectivity index (χ1v) is 18.3. The number of nitrogens with zero attached hydrogens (tertiary/aromatic N) is 2. The summed E-state index contributed by atoms with van der Waals surface area (Å²) in [7, 11) is 0. The molecule has 0 radical (unpaired) electrons. The second-order valence-electron chi connectivity index (χ2n) is 13.7. The van der Waals surface area contributed by atoms with E-state index in [2.05, 4.69) is 185 Å². The van der Waals surface area contributed by atoms with E-state index < -0.39 is 0 Å². The third kappa shape index (κ3) is 4.70. The number of para-hydroxylation sites is 5. The molecule has 0 atom stereocenters. The maximum absolute atomic E-state index is 6.96. The number of benzene rings is 8. The third-order valence-electron chi connectivity index (χ3n) is 10.6. The fourth-order valence-electron chi connectivity index (χ4n) is 8.16.